The molecule has 112 valence electrons. The summed E-state index contributed by atoms with van der Waals surface area (Å²) in [7, 11) is 0. The second-order valence-electron chi connectivity index (χ2n) is 5.76. The summed E-state index contributed by atoms with van der Waals surface area (Å²) in [6.07, 6.45) is 5.85. The number of rotatable bonds is 4. The highest BCUT2D eigenvalue weighted by Crippen LogP contribution is 2.39. The van der Waals surface area contributed by atoms with Gasteiger partial charge in [-0.2, -0.15) is 0 Å². The van der Waals surface area contributed by atoms with Crippen LogP contribution in [-0.2, 0) is 6.42 Å². The van der Waals surface area contributed by atoms with Gasteiger partial charge in [0.1, 0.15) is 0 Å². The van der Waals surface area contributed by atoms with Gasteiger partial charge in [-0.05, 0) is 54.5 Å². The van der Waals surface area contributed by atoms with Gasteiger partial charge in [-0.15, -0.1) is 11.3 Å². The highest BCUT2D eigenvalue weighted by molar-refractivity contribution is 7.10. The van der Waals surface area contributed by atoms with Crippen molar-refractivity contribution in [1.82, 2.24) is 9.88 Å². The van der Waals surface area contributed by atoms with Crippen molar-refractivity contribution < 1.29 is 0 Å². The van der Waals surface area contributed by atoms with E-state index in [4.69, 9.17) is 5.73 Å². The van der Waals surface area contributed by atoms with E-state index in [-0.39, 0.29) is 12.1 Å². The van der Waals surface area contributed by atoms with E-state index in [9.17, 15) is 0 Å². The highest BCUT2D eigenvalue weighted by Gasteiger charge is 2.33. The molecule has 2 N–H and O–H groups in total. The van der Waals surface area contributed by atoms with E-state index in [2.05, 4.69) is 47.3 Å². The van der Waals surface area contributed by atoms with Gasteiger partial charge >= 0.3 is 0 Å². The molecule has 0 fully saturated rings. The third-order valence-electron chi connectivity index (χ3n) is 4.61. The molecule has 3 heterocycles. The summed E-state index contributed by atoms with van der Waals surface area (Å²) in [4.78, 5) is 8.25. The Labute approximate surface area is 130 Å². The van der Waals surface area contributed by atoms with Crippen LogP contribution >= 0.6 is 11.3 Å². The fraction of sp³-hybridized carbons (Fsp3) is 0.471. The second-order valence-corrected chi connectivity index (χ2v) is 6.76. The maximum absolute atomic E-state index is 6.48. The number of hydrogen-bond acceptors (Lipinski definition) is 4. The first-order valence-corrected chi connectivity index (χ1v) is 8.57. The predicted molar refractivity (Wildman–Crippen MR) is 88.4 cm³/mol. The Balaban J connectivity index is 1.94. The van der Waals surface area contributed by atoms with Crippen molar-refractivity contribution in [2.24, 2.45) is 5.73 Å². The molecule has 2 aromatic rings. The van der Waals surface area contributed by atoms with Crippen LogP contribution in [0.5, 0.6) is 0 Å². The predicted octanol–water partition coefficient (Wildman–Crippen LogP) is 3.54. The molecule has 0 aliphatic carbocycles. The van der Waals surface area contributed by atoms with Crippen LogP contribution in [0.25, 0.3) is 0 Å². The molecule has 4 heteroatoms. The van der Waals surface area contributed by atoms with Crippen LogP contribution in [-0.4, -0.2) is 22.5 Å². The first kappa shape index (κ1) is 14.7. The Morgan fingerprint density at radius 1 is 1.38 bits per heavy atom. The molecule has 0 saturated carbocycles. The summed E-state index contributed by atoms with van der Waals surface area (Å²) >= 11 is 1.88. The quantitative estimate of drug-likeness (QED) is 0.939. The molecule has 3 rings (SSSR count). The van der Waals surface area contributed by atoms with Gasteiger partial charge in [-0.1, -0.05) is 6.92 Å². The van der Waals surface area contributed by atoms with E-state index in [0.29, 0.717) is 6.04 Å². The molecule has 0 bridgehead atoms. The largest absolute Gasteiger partial charge is 0.326 e. The monoisotopic (exact) mass is 301 g/mol. The average Bonchev–Trinajstić information content (AvgIpc) is 3.00. The molecule has 3 nitrogen and oxygen atoms in total. The Bertz CT molecular complexity index is 581. The Kier molecular flexibility index (Phi) is 4.38. The van der Waals surface area contributed by atoms with Crippen molar-refractivity contribution in [3.63, 3.8) is 0 Å². The van der Waals surface area contributed by atoms with Crippen LogP contribution in [0, 0.1) is 0 Å². The Hall–Kier alpha value is -1.23. The molecule has 0 spiro atoms. The van der Waals surface area contributed by atoms with Crippen molar-refractivity contribution >= 4 is 11.3 Å². The minimum atomic E-state index is 0.148. The van der Waals surface area contributed by atoms with Crippen LogP contribution in [0.15, 0.2) is 36.0 Å². The SMILES string of the molecule is CCC(N)C(c1ccncc1)N1CCc2sccc2C1C. The van der Waals surface area contributed by atoms with E-state index >= 15 is 0 Å². The lowest BCUT2D eigenvalue weighted by molar-refractivity contribution is 0.113. The third kappa shape index (κ3) is 2.76. The van der Waals surface area contributed by atoms with Gasteiger partial charge < -0.3 is 5.73 Å². The van der Waals surface area contributed by atoms with Gasteiger partial charge in [-0.3, -0.25) is 9.88 Å². The first-order chi connectivity index (χ1) is 10.2. The van der Waals surface area contributed by atoms with Crippen LogP contribution < -0.4 is 5.73 Å². The van der Waals surface area contributed by atoms with Gasteiger partial charge in [0, 0.05) is 35.9 Å². The van der Waals surface area contributed by atoms with Crippen LogP contribution in [0.1, 0.15) is 48.4 Å². The Morgan fingerprint density at radius 3 is 2.86 bits per heavy atom. The van der Waals surface area contributed by atoms with Crippen molar-refractivity contribution in [2.75, 3.05) is 6.54 Å². The molecule has 1 aliphatic heterocycles. The molecule has 2 aromatic heterocycles. The molecule has 21 heavy (non-hydrogen) atoms. The van der Waals surface area contributed by atoms with Crippen LogP contribution in [0.4, 0.5) is 0 Å². The lowest BCUT2D eigenvalue weighted by Crippen LogP contribution is -2.44. The third-order valence-corrected chi connectivity index (χ3v) is 5.60. The summed E-state index contributed by atoms with van der Waals surface area (Å²) in [5.41, 5.74) is 9.24. The number of nitrogens with two attached hydrogens (primary N) is 1. The van der Waals surface area contributed by atoms with E-state index in [1.54, 1.807) is 0 Å². The standard InChI is InChI=1S/C17H23N3S/c1-3-15(18)17(13-4-8-19-9-5-13)20-10-6-16-14(12(20)2)7-11-21-16/h4-5,7-9,11-12,15,17H,3,6,10,18H2,1-2H3. The summed E-state index contributed by atoms with van der Waals surface area (Å²) in [5, 5.41) is 2.21. The Morgan fingerprint density at radius 2 is 2.14 bits per heavy atom. The highest BCUT2D eigenvalue weighted by atomic mass is 32.1. The number of aromatic nitrogens is 1. The summed E-state index contributed by atoms with van der Waals surface area (Å²) in [5.74, 6) is 0. The van der Waals surface area contributed by atoms with E-state index in [1.165, 1.54) is 16.0 Å². The van der Waals surface area contributed by atoms with Crippen LogP contribution in [0.3, 0.4) is 0 Å². The number of fused-ring (bicyclic) bond motifs is 1. The fourth-order valence-electron chi connectivity index (χ4n) is 3.38. The molecular formula is C17H23N3S. The summed E-state index contributed by atoms with van der Waals surface area (Å²) in [6, 6.07) is 7.33. The van der Waals surface area contributed by atoms with Gasteiger partial charge in [0.05, 0.1) is 6.04 Å². The zero-order chi connectivity index (χ0) is 14.8. The van der Waals surface area contributed by atoms with Crippen molar-refractivity contribution in [3.05, 3.63) is 52.0 Å². The minimum absolute atomic E-state index is 0.148. The van der Waals surface area contributed by atoms with Gasteiger partial charge in [0.25, 0.3) is 0 Å². The number of pyridine rings is 1. The van der Waals surface area contributed by atoms with E-state index in [1.807, 2.05) is 23.7 Å². The maximum atomic E-state index is 6.48. The molecule has 0 radical (unpaired) electrons. The van der Waals surface area contributed by atoms with Gasteiger partial charge in [0.2, 0.25) is 0 Å². The van der Waals surface area contributed by atoms with Crippen molar-refractivity contribution in [2.45, 2.75) is 44.8 Å². The molecule has 0 saturated heterocycles. The lowest BCUT2D eigenvalue weighted by Gasteiger charge is -2.42. The minimum Gasteiger partial charge on any atom is -0.326 e. The first-order valence-electron chi connectivity index (χ1n) is 7.70. The normalized spacial score (nSPS) is 21.8. The second kappa shape index (κ2) is 6.26. The van der Waals surface area contributed by atoms with Gasteiger partial charge in [0.15, 0.2) is 0 Å². The van der Waals surface area contributed by atoms with Gasteiger partial charge in [-0.25, -0.2) is 0 Å². The van der Waals surface area contributed by atoms with Crippen molar-refractivity contribution in [3.8, 4) is 0 Å². The molecule has 3 atom stereocenters. The van der Waals surface area contributed by atoms with Crippen molar-refractivity contribution in [1.29, 1.82) is 0 Å². The summed E-state index contributed by atoms with van der Waals surface area (Å²) in [6.45, 7) is 5.56. The molecule has 3 unspecified atom stereocenters. The maximum Gasteiger partial charge on any atom is 0.0506 e. The molecule has 1 aliphatic rings. The smallest absolute Gasteiger partial charge is 0.0506 e. The topological polar surface area (TPSA) is 42.1 Å². The van der Waals surface area contributed by atoms with E-state index in [0.717, 1.165) is 19.4 Å². The van der Waals surface area contributed by atoms with E-state index < -0.39 is 0 Å². The zero-order valence-corrected chi connectivity index (χ0v) is 13.5. The molecule has 0 amide bonds. The average molecular weight is 301 g/mol. The van der Waals surface area contributed by atoms with Crippen LogP contribution in [0.2, 0.25) is 0 Å². The number of thiophene rings is 1. The summed E-state index contributed by atoms with van der Waals surface area (Å²) < 4.78 is 0. The number of nitrogens with zero attached hydrogens (tertiary/aromatic N) is 2. The lowest BCUT2D eigenvalue weighted by atomic mass is 9.91. The number of hydrogen-bond donors (Lipinski definition) is 1. The molecule has 0 aromatic carbocycles. The molecular weight excluding hydrogens is 278 g/mol. The fourth-order valence-corrected chi connectivity index (χ4v) is 4.34. The zero-order valence-electron chi connectivity index (χ0n) is 12.7.